The SMILES string of the molecule is BrCC1(CSCC2CCCO2)CCOCC1. The van der Waals surface area contributed by atoms with Gasteiger partial charge in [-0.15, -0.1) is 0 Å². The smallest absolute Gasteiger partial charge is 0.0666 e. The third kappa shape index (κ3) is 3.62. The first-order chi connectivity index (χ1) is 7.85. The highest BCUT2D eigenvalue weighted by Crippen LogP contribution is 2.36. The van der Waals surface area contributed by atoms with Crippen LogP contribution in [0.5, 0.6) is 0 Å². The molecule has 2 heterocycles. The van der Waals surface area contributed by atoms with Crippen LogP contribution < -0.4 is 0 Å². The second kappa shape index (κ2) is 6.62. The fraction of sp³-hybridized carbons (Fsp3) is 1.00. The molecule has 2 aliphatic heterocycles. The van der Waals surface area contributed by atoms with Crippen molar-refractivity contribution in [1.29, 1.82) is 0 Å². The molecule has 0 N–H and O–H groups in total. The molecule has 0 aromatic carbocycles. The summed E-state index contributed by atoms with van der Waals surface area (Å²) in [4.78, 5) is 0. The van der Waals surface area contributed by atoms with E-state index in [4.69, 9.17) is 9.47 Å². The largest absolute Gasteiger partial charge is 0.381 e. The van der Waals surface area contributed by atoms with E-state index < -0.39 is 0 Å². The van der Waals surface area contributed by atoms with Crippen LogP contribution in [-0.2, 0) is 9.47 Å². The first kappa shape index (κ1) is 13.2. The lowest BCUT2D eigenvalue weighted by atomic mass is 9.85. The predicted octanol–water partition coefficient (Wildman–Crippen LogP) is 3.09. The average Bonchev–Trinajstić information content (AvgIpc) is 2.83. The van der Waals surface area contributed by atoms with E-state index in [1.54, 1.807) is 0 Å². The van der Waals surface area contributed by atoms with Gasteiger partial charge in [-0.05, 0) is 36.9 Å². The third-order valence-corrected chi connectivity index (χ3v) is 6.19. The molecule has 1 unspecified atom stereocenters. The summed E-state index contributed by atoms with van der Waals surface area (Å²) in [6, 6.07) is 0. The Morgan fingerprint density at radius 1 is 1.25 bits per heavy atom. The summed E-state index contributed by atoms with van der Waals surface area (Å²) in [6.45, 7) is 2.85. The quantitative estimate of drug-likeness (QED) is 0.727. The van der Waals surface area contributed by atoms with Gasteiger partial charge < -0.3 is 9.47 Å². The van der Waals surface area contributed by atoms with E-state index in [-0.39, 0.29) is 0 Å². The van der Waals surface area contributed by atoms with Crippen LogP contribution in [0.4, 0.5) is 0 Å². The van der Waals surface area contributed by atoms with Crippen LogP contribution in [0.1, 0.15) is 25.7 Å². The minimum atomic E-state index is 0.474. The third-order valence-electron chi connectivity index (χ3n) is 3.57. The molecule has 1 atom stereocenters. The van der Waals surface area contributed by atoms with Gasteiger partial charge in [0.1, 0.15) is 0 Å². The Kier molecular flexibility index (Phi) is 5.46. The van der Waals surface area contributed by atoms with Crippen LogP contribution in [0.3, 0.4) is 0 Å². The van der Waals surface area contributed by atoms with Gasteiger partial charge in [0.25, 0.3) is 0 Å². The molecule has 0 aliphatic carbocycles. The first-order valence-electron chi connectivity index (χ1n) is 6.18. The van der Waals surface area contributed by atoms with E-state index in [0.29, 0.717) is 11.5 Å². The van der Waals surface area contributed by atoms with E-state index in [2.05, 4.69) is 27.7 Å². The van der Waals surface area contributed by atoms with Crippen molar-refractivity contribution in [2.75, 3.05) is 36.7 Å². The Morgan fingerprint density at radius 2 is 2.06 bits per heavy atom. The summed E-state index contributed by atoms with van der Waals surface area (Å²) in [7, 11) is 0. The zero-order valence-corrected chi connectivity index (χ0v) is 12.2. The molecule has 0 spiro atoms. The zero-order chi connectivity index (χ0) is 11.3. The van der Waals surface area contributed by atoms with Crippen molar-refractivity contribution in [3.63, 3.8) is 0 Å². The van der Waals surface area contributed by atoms with Crippen molar-refractivity contribution in [2.45, 2.75) is 31.8 Å². The fourth-order valence-corrected chi connectivity index (χ4v) is 4.79. The molecule has 2 fully saturated rings. The summed E-state index contributed by atoms with van der Waals surface area (Å²) in [5.41, 5.74) is 0.474. The summed E-state index contributed by atoms with van der Waals surface area (Å²) < 4.78 is 11.1. The summed E-state index contributed by atoms with van der Waals surface area (Å²) in [5, 5.41) is 1.11. The molecule has 2 rings (SSSR count). The van der Waals surface area contributed by atoms with Crippen molar-refractivity contribution in [1.82, 2.24) is 0 Å². The van der Waals surface area contributed by atoms with E-state index in [9.17, 15) is 0 Å². The highest BCUT2D eigenvalue weighted by Gasteiger charge is 2.31. The predicted molar refractivity (Wildman–Crippen MR) is 72.6 cm³/mol. The number of hydrogen-bond donors (Lipinski definition) is 0. The topological polar surface area (TPSA) is 18.5 Å². The Hall–Kier alpha value is 0.750. The first-order valence-corrected chi connectivity index (χ1v) is 8.45. The van der Waals surface area contributed by atoms with E-state index in [1.807, 2.05) is 0 Å². The molecular formula is C12H21BrO2S. The van der Waals surface area contributed by atoms with Crippen molar-refractivity contribution in [2.24, 2.45) is 5.41 Å². The van der Waals surface area contributed by atoms with Crippen LogP contribution in [-0.4, -0.2) is 42.8 Å². The second-order valence-electron chi connectivity index (χ2n) is 4.90. The molecule has 0 bridgehead atoms. The maximum absolute atomic E-state index is 5.65. The van der Waals surface area contributed by atoms with Gasteiger partial charge >= 0.3 is 0 Å². The van der Waals surface area contributed by atoms with Gasteiger partial charge in [0, 0.05) is 30.9 Å². The van der Waals surface area contributed by atoms with Gasteiger partial charge in [0.15, 0.2) is 0 Å². The van der Waals surface area contributed by atoms with Gasteiger partial charge in [-0.25, -0.2) is 0 Å². The van der Waals surface area contributed by atoms with Crippen LogP contribution in [0.2, 0.25) is 0 Å². The minimum Gasteiger partial charge on any atom is -0.381 e. The van der Waals surface area contributed by atoms with E-state index >= 15 is 0 Å². The molecule has 2 aliphatic rings. The highest BCUT2D eigenvalue weighted by molar-refractivity contribution is 9.09. The molecule has 94 valence electrons. The number of halogens is 1. The molecule has 2 nitrogen and oxygen atoms in total. The number of hydrogen-bond acceptors (Lipinski definition) is 3. The van der Waals surface area contributed by atoms with Gasteiger partial charge in [-0.2, -0.15) is 11.8 Å². The van der Waals surface area contributed by atoms with E-state index in [0.717, 1.165) is 25.2 Å². The summed E-state index contributed by atoms with van der Waals surface area (Å²) in [6.07, 6.45) is 5.45. The maximum Gasteiger partial charge on any atom is 0.0666 e. The lowest BCUT2D eigenvalue weighted by Crippen LogP contribution is -2.33. The van der Waals surface area contributed by atoms with Crippen molar-refractivity contribution in [3.8, 4) is 0 Å². The van der Waals surface area contributed by atoms with Crippen LogP contribution in [0.15, 0.2) is 0 Å². The maximum atomic E-state index is 5.65. The molecule has 4 heteroatoms. The Morgan fingerprint density at radius 3 is 2.69 bits per heavy atom. The zero-order valence-electron chi connectivity index (χ0n) is 9.75. The highest BCUT2D eigenvalue weighted by atomic mass is 79.9. The van der Waals surface area contributed by atoms with Crippen molar-refractivity contribution >= 4 is 27.7 Å². The molecule has 0 aromatic heterocycles. The Labute approximate surface area is 111 Å². The molecule has 2 saturated heterocycles. The van der Waals surface area contributed by atoms with Crippen LogP contribution >= 0.6 is 27.7 Å². The molecule has 0 amide bonds. The standard InChI is InChI=1S/C12H21BrO2S/c13-9-12(3-6-14-7-4-12)10-16-8-11-2-1-5-15-11/h11H,1-10H2. The molecule has 16 heavy (non-hydrogen) atoms. The molecular weight excluding hydrogens is 288 g/mol. The lowest BCUT2D eigenvalue weighted by Gasteiger charge is -2.35. The molecule has 0 radical (unpaired) electrons. The summed E-state index contributed by atoms with van der Waals surface area (Å²) >= 11 is 5.75. The lowest BCUT2D eigenvalue weighted by molar-refractivity contribution is 0.0374. The van der Waals surface area contributed by atoms with Gasteiger partial charge in [-0.1, -0.05) is 15.9 Å². The van der Waals surface area contributed by atoms with Gasteiger partial charge in [0.2, 0.25) is 0 Å². The number of thioether (sulfide) groups is 1. The van der Waals surface area contributed by atoms with E-state index in [1.165, 1.54) is 37.2 Å². The molecule has 0 saturated carbocycles. The Balaban J connectivity index is 1.69. The van der Waals surface area contributed by atoms with Crippen LogP contribution in [0, 0.1) is 5.41 Å². The van der Waals surface area contributed by atoms with Gasteiger partial charge in [0.05, 0.1) is 6.10 Å². The number of ether oxygens (including phenoxy) is 2. The van der Waals surface area contributed by atoms with Crippen LogP contribution in [0.25, 0.3) is 0 Å². The summed E-state index contributed by atoms with van der Waals surface area (Å²) in [5.74, 6) is 2.43. The normalized spacial score (nSPS) is 29.4. The van der Waals surface area contributed by atoms with Crippen molar-refractivity contribution in [3.05, 3.63) is 0 Å². The Bertz CT molecular complexity index is 201. The monoisotopic (exact) mass is 308 g/mol. The second-order valence-corrected chi connectivity index (χ2v) is 6.49. The molecule has 0 aromatic rings. The fourth-order valence-electron chi connectivity index (χ4n) is 2.30. The minimum absolute atomic E-state index is 0.474. The average molecular weight is 309 g/mol. The van der Waals surface area contributed by atoms with Gasteiger partial charge in [-0.3, -0.25) is 0 Å². The van der Waals surface area contributed by atoms with Crippen molar-refractivity contribution < 1.29 is 9.47 Å². The number of alkyl halides is 1. The number of rotatable bonds is 5.